The van der Waals surface area contributed by atoms with Crippen molar-refractivity contribution in [2.75, 3.05) is 6.54 Å². The Balaban J connectivity index is 1.34. The van der Waals surface area contributed by atoms with Gasteiger partial charge in [-0.15, -0.1) is 0 Å². The molecular weight excluding hydrogens is 338 g/mol. The fourth-order valence-electron chi connectivity index (χ4n) is 5.73. The highest BCUT2D eigenvalue weighted by Crippen LogP contribution is 2.56. The third-order valence-electron chi connectivity index (χ3n) is 7.41. The Morgan fingerprint density at radius 3 is 3.07 bits per heavy atom. The van der Waals surface area contributed by atoms with Crippen LogP contribution in [0.25, 0.3) is 0 Å². The molecule has 1 aromatic rings. The standard InChI is InChI=1S/C23H33NO3/c1-15-6-4-10-23(3)13-21-18(12-20(15)23)19(22(25)27-21)14-24-16(2)8-9-17-7-5-11-26-17/h5,7,11,16,18-21,24H,1,4,6,8-10,12-14H2,2-3H3/t16-,18-,19-,20+,21-,23+/m0/s1. The van der Waals surface area contributed by atoms with E-state index >= 15 is 0 Å². The van der Waals surface area contributed by atoms with E-state index in [1.54, 1.807) is 6.26 Å². The summed E-state index contributed by atoms with van der Waals surface area (Å²) in [6.45, 7) is 9.66. The van der Waals surface area contributed by atoms with E-state index in [4.69, 9.17) is 9.15 Å². The van der Waals surface area contributed by atoms with Gasteiger partial charge in [0.1, 0.15) is 11.9 Å². The first-order valence-electron chi connectivity index (χ1n) is 10.6. The third kappa shape index (κ3) is 3.73. The van der Waals surface area contributed by atoms with Gasteiger partial charge in [0.25, 0.3) is 0 Å². The monoisotopic (exact) mass is 371 g/mol. The van der Waals surface area contributed by atoms with Crippen LogP contribution in [0.4, 0.5) is 0 Å². The molecule has 0 bridgehead atoms. The normalized spacial score (nSPS) is 36.8. The molecule has 0 unspecified atom stereocenters. The predicted octanol–water partition coefficient (Wildman–Crippen LogP) is 4.50. The van der Waals surface area contributed by atoms with Crippen molar-refractivity contribution in [2.24, 2.45) is 23.2 Å². The van der Waals surface area contributed by atoms with Crippen LogP contribution in [0.2, 0.25) is 0 Å². The number of rotatable bonds is 6. The van der Waals surface area contributed by atoms with Gasteiger partial charge in [-0.3, -0.25) is 4.79 Å². The van der Waals surface area contributed by atoms with Crippen LogP contribution in [-0.4, -0.2) is 24.7 Å². The zero-order valence-corrected chi connectivity index (χ0v) is 16.7. The van der Waals surface area contributed by atoms with Crippen molar-refractivity contribution in [1.82, 2.24) is 5.32 Å². The number of fused-ring (bicyclic) bond motifs is 2. The number of carbonyl (C=O) groups excluding carboxylic acids is 1. The number of carbonyl (C=O) groups is 1. The average molecular weight is 372 g/mol. The van der Waals surface area contributed by atoms with E-state index in [2.05, 4.69) is 25.7 Å². The van der Waals surface area contributed by atoms with E-state index in [1.165, 1.54) is 18.4 Å². The van der Waals surface area contributed by atoms with Gasteiger partial charge in [-0.2, -0.15) is 0 Å². The Labute approximate surface area is 162 Å². The lowest BCUT2D eigenvalue weighted by Crippen LogP contribution is -2.45. The summed E-state index contributed by atoms with van der Waals surface area (Å²) < 4.78 is 11.3. The molecule has 0 radical (unpaired) electrons. The quantitative estimate of drug-likeness (QED) is 0.591. The molecule has 4 heteroatoms. The van der Waals surface area contributed by atoms with Crippen LogP contribution in [0.15, 0.2) is 35.0 Å². The Morgan fingerprint density at radius 2 is 2.30 bits per heavy atom. The molecule has 1 N–H and O–H groups in total. The van der Waals surface area contributed by atoms with Crippen LogP contribution in [0.5, 0.6) is 0 Å². The number of hydrogen-bond acceptors (Lipinski definition) is 4. The Hall–Kier alpha value is -1.55. The van der Waals surface area contributed by atoms with Crippen molar-refractivity contribution in [3.05, 3.63) is 36.3 Å². The number of allylic oxidation sites excluding steroid dienone is 1. The minimum absolute atomic E-state index is 0.00333. The van der Waals surface area contributed by atoms with E-state index in [9.17, 15) is 4.79 Å². The van der Waals surface area contributed by atoms with Gasteiger partial charge in [-0.05, 0) is 68.9 Å². The summed E-state index contributed by atoms with van der Waals surface area (Å²) in [5.74, 6) is 1.91. The number of ether oxygens (including phenoxy) is 1. The summed E-state index contributed by atoms with van der Waals surface area (Å²) in [4.78, 5) is 12.6. The maximum Gasteiger partial charge on any atom is 0.310 e. The van der Waals surface area contributed by atoms with Gasteiger partial charge >= 0.3 is 5.97 Å². The molecule has 2 saturated carbocycles. The molecule has 0 amide bonds. The molecule has 0 aromatic carbocycles. The van der Waals surface area contributed by atoms with Crippen LogP contribution in [0, 0.1) is 23.2 Å². The van der Waals surface area contributed by atoms with Gasteiger partial charge in [0.05, 0.1) is 12.2 Å². The van der Waals surface area contributed by atoms with E-state index in [-0.39, 0.29) is 23.4 Å². The molecule has 6 atom stereocenters. The second-order valence-corrected chi connectivity index (χ2v) is 9.33. The lowest BCUT2D eigenvalue weighted by molar-refractivity contribution is -0.146. The Bertz CT molecular complexity index is 682. The van der Waals surface area contributed by atoms with Gasteiger partial charge in [0.2, 0.25) is 0 Å². The lowest BCUT2D eigenvalue weighted by Gasteiger charge is -2.50. The molecule has 148 valence electrons. The van der Waals surface area contributed by atoms with Crippen molar-refractivity contribution in [3.63, 3.8) is 0 Å². The molecule has 27 heavy (non-hydrogen) atoms. The number of furan rings is 1. The largest absolute Gasteiger partial charge is 0.469 e. The van der Waals surface area contributed by atoms with Gasteiger partial charge in [-0.25, -0.2) is 0 Å². The highest BCUT2D eigenvalue weighted by Gasteiger charge is 2.54. The van der Waals surface area contributed by atoms with Gasteiger partial charge < -0.3 is 14.5 Å². The smallest absolute Gasteiger partial charge is 0.310 e. The summed E-state index contributed by atoms with van der Waals surface area (Å²) in [6.07, 6.45) is 9.45. The van der Waals surface area contributed by atoms with Crippen molar-refractivity contribution in [2.45, 2.75) is 70.9 Å². The number of aryl methyl sites for hydroxylation is 1. The first-order chi connectivity index (χ1) is 13.0. The van der Waals surface area contributed by atoms with Crippen molar-refractivity contribution in [1.29, 1.82) is 0 Å². The maximum atomic E-state index is 12.6. The summed E-state index contributed by atoms with van der Waals surface area (Å²) in [6, 6.07) is 4.29. The molecule has 0 spiro atoms. The molecule has 1 aliphatic heterocycles. The van der Waals surface area contributed by atoms with E-state index < -0.39 is 0 Å². The number of nitrogens with one attached hydrogen (secondary N) is 1. The van der Waals surface area contributed by atoms with E-state index in [1.807, 2.05) is 12.1 Å². The Kier molecular flexibility index (Phi) is 5.19. The van der Waals surface area contributed by atoms with Crippen LogP contribution < -0.4 is 5.32 Å². The molecule has 2 heterocycles. The van der Waals surface area contributed by atoms with Crippen LogP contribution in [-0.2, 0) is 16.0 Å². The molecule has 1 aromatic heterocycles. The minimum Gasteiger partial charge on any atom is -0.469 e. The zero-order chi connectivity index (χ0) is 19.0. The first kappa shape index (κ1) is 18.8. The second-order valence-electron chi connectivity index (χ2n) is 9.33. The molecule has 4 nitrogen and oxygen atoms in total. The fourth-order valence-corrected chi connectivity index (χ4v) is 5.73. The minimum atomic E-state index is -0.0136. The topological polar surface area (TPSA) is 51.5 Å². The van der Waals surface area contributed by atoms with Gasteiger partial charge in [0.15, 0.2) is 0 Å². The molecule has 4 rings (SSSR count). The number of esters is 1. The molecular formula is C23H33NO3. The summed E-state index contributed by atoms with van der Waals surface area (Å²) in [7, 11) is 0. The lowest BCUT2D eigenvalue weighted by atomic mass is 9.55. The van der Waals surface area contributed by atoms with Crippen molar-refractivity contribution >= 4 is 5.97 Å². The molecule has 1 saturated heterocycles. The van der Waals surface area contributed by atoms with Crippen molar-refractivity contribution in [3.8, 4) is 0 Å². The first-order valence-corrected chi connectivity index (χ1v) is 10.6. The van der Waals surface area contributed by atoms with Crippen molar-refractivity contribution < 1.29 is 13.9 Å². The van der Waals surface area contributed by atoms with Gasteiger partial charge in [-0.1, -0.05) is 19.1 Å². The highest BCUT2D eigenvalue weighted by molar-refractivity contribution is 5.75. The second kappa shape index (κ2) is 7.46. The van der Waals surface area contributed by atoms with Crippen LogP contribution >= 0.6 is 0 Å². The average Bonchev–Trinajstić information content (AvgIpc) is 3.23. The maximum absolute atomic E-state index is 12.6. The summed E-state index contributed by atoms with van der Waals surface area (Å²) >= 11 is 0. The fraction of sp³-hybridized carbons (Fsp3) is 0.696. The zero-order valence-electron chi connectivity index (χ0n) is 16.7. The summed E-state index contributed by atoms with van der Waals surface area (Å²) in [5, 5.41) is 3.58. The molecule has 3 aliphatic rings. The molecule has 3 fully saturated rings. The predicted molar refractivity (Wildman–Crippen MR) is 105 cm³/mol. The van der Waals surface area contributed by atoms with E-state index in [0.29, 0.717) is 17.9 Å². The Morgan fingerprint density at radius 1 is 1.44 bits per heavy atom. The third-order valence-corrected chi connectivity index (χ3v) is 7.41. The SMILES string of the molecule is C=C1CCC[C@]2(C)C[C@@H]3OC(=O)[C@@H](CN[C@@H](C)CCc4ccco4)[C@@H]3C[C@H]12. The molecule has 2 aliphatic carbocycles. The van der Waals surface area contributed by atoms with E-state index in [0.717, 1.165) is 44.4 Å². The van der Waals surface area contributed by atoms with Crippen LogP contribution in [0.3, 0.4) is 0 Å². The number of hydrogen-bond donors (Lipinski definition) is 1. The summed E-state index contributed by atoms with van der Waals surface area (Å²) in [5.41, 5.74) is 1.68. The highest BCUT2D eigenvalue weighted by atomic mass is 16.6. The van der Waals surface area contributed by atoms with Crippen LogP contribution in [0.1, 0.15) is 58.1 Å². The van der Waals surface area contributed by atoms with Gasteiger partial charge in [0, 0.05) is 24.9 Å².